The maximum Gasteiger partial charge on any atom is 0.416 e. The zero-order valence-corrected chi connectivity index (χ0v) is 18.3. The highest BCUT2D eigenvalue weighted by atomic mass is 19.4. The minimum atomic E-state index is -4.37. The first-order valence-electron chi connectivity index (χ1n) is 10.6. The van der Waals surface area contributed by atoms with Gasteiger partial charge in [0.05, 0.1) is 18.7 Å². The summed E-state index contributed by atoms with van der Waals surface area (Å²) in [4.78, 5) is 27.6. The SMILES string of the molecule is CCOC(=O)/C=C/c1ccc(NC(=O)CN2CCN(c3cccc(C(F)(F)F)c3)CC2)cc1. The van der Waals surface area contributed by atoms with Crippen LogP contribution in [0.15, 0.2) is 54.6 Å². The molecule has 9 heteroatoms. The van der Waals surface area contributed by atoms with Crippen LogP contribution in [-0.2, 0) is 20.5 Å². The highest BCUT2D eigenvalue weighted by molar-refractivity contribution is 5.92. The van der Waals surface area contributed by atoms with E-state index in [2.05, 4.69) is 5.32 Å². The van der Waals surface area contributed by atoms with Gasteiger partial charge in [0.2, 0.25) is 5.91 Å². The average molecular weight is 461 g/mol. The molecule has 0 bridgehead atoms. The molecule has 2 aromatic carbocycles. The Morgan fingerprint density at radius 3 is 2.39 bits per heavy atom. The van der Waals surface area contributed by atoms with Crippen LogP contribution in [0.5, 0.6) is 0 Å². The predicted molar refractivity (Wildman–Crippen MR) is 121 cm³/mol. The lowest BCUT2D eigenvalue weighted by Gasteiger charge is -2.36. The third-order valence-corrected chi connectivity index (χ3v) is 5.17. The van der Waals surface area contributed by atoms with Gasteiger partial charge in [-0.15, -0.1) is 0 Å². The molecule has 6 nitrogen and oxygen atoms in total. The van der Waals surface area contributed by atoms with Gasteiger partial charge in [0.1, 0.15) is 0 Å². The first-order chi connectivity index (χ1) is 15.7. The minimum absolute atomic E-state index is 0.169. The number of nitrogens with one attached hydrogen (secondary N) is 1. The third-order valence-electron chi connectivity index (χ3n) is 5.17. The Bertz CT molecular complexity index is 982. The van der Waals surface area contributed by atoms with Crippen molar-refractivity contribution in [1.82, 2.24) is 4.90 Å². The standard InChI is InChI=1S/C24H26F3N3O3/c1-2-33-23(32)11-8-18-6-9-20(10-7-18)28-22(31)17-29-12-14-30(15-13-29)21-5-3-4-19(16-21)24(25,26)27/h3-11,16H,2,12-15,17H2,1H3,(H,28,31)/b11-8+. The van der Waals surface area contributed by atoms with Crippen molar-refractivity contribution in [2.75, 3.05) is 49.5 Å². The predicted octanol–water partition coefficient (Wildman–Crippen LogP) is 4.04. The summed E-state index contributed by atoms with van der Waals surface area (Å²) in [5.74, 6) is -0.583. The molecule has 0 atom stereocenters. The number of amides is 1. The maximum atomic E-state index is 12.9. The minimum Gasteiger partial charge on any atom is -0.463 e. The van der Waals surface area contributed by atoms with Crippen LogP contribution >= 0.6 is 0 Å². The number of ether oxygens (including phenoxy) is 1. The summed E-state index contributed by atoms with van der Waals surface area (Å²) >= 11 is 0. The van der Waals surface area contributed by atoms with Crippen LogP contribution in [0.25, 0.3) is 6.08 Å². The highest BCUT2D eigenvalue weighted by Gasteiger charge is 2.31. The lowest BCUT2D eigenvalue weighted by atomic mass is 10.1. The van der Waals surface area contributed by atoms with Crippen molar-refractivity contribution in [3.8, 4) is 0 Å². The van der Waals surface area contributed by atoms with Crippen LogP contribution in [0.1, 0.15) is 18.1 Å². The van der Waals surface area contributed by atoms with E-state index in [1.54, 1.807) is 43.3 Å². The molecule has 0 aliphatic carbocycles. The number of esters is 1. The summed E-state index contributed by atoms with van der Waals surface area (Å²) in [6, 6.07) is 12.3. The molecule has 1 aliphatic rings. The molecule has 0 saturated carbocycles. The van der Waals surface area contributed by atoms with Crippen molar-refractivity contribution >= 4 is 29.3 Å². The number of hydrogen-bond donors (Lipinski definition) is 1. The first-order valence-corrected chi connectivity index (χ1v) is 10.6. The molecule has 0 aromatic heterocycles. The summed E-state index contributed by atoms with van der Waals surface area (Å²) in [5, 5.41) is 2.83. The molecule has 33 heavy (non-hydrogen) atoms. The number of piperazine rings is 1. The van der Waals surface area contributed by atoms with Crippen molar-refractivity contribution in [3.05, 3.63) is 65.7 Å². The Hall–Kier alpha value is -3.33. The van der Waals surface area contributed by atoms with Gasteiger partial charge in [0.15, 0.2) is 0 Å². The van der Waals surface area contributed by atoms with E-state index in [0.29, 0.717) is 44.2 Å². The number of carbonyl (C=O) groups is 2. The number of benzene rings is 2. The van der Waals surface area contributed by atoms with Gasteiger partial charge in [-0.25, -0.2) is 4.79 Å². The molecule has 0 spiro atoms. The van der Waals surface area contributed by atoms with Gasteiger partial charge in [-0.3, -0.25) is 9.69 Å². The van der Waals surface area contributed by atoms with Crippen LogP contribution in [0.4, 0.5) is 24.5 Å². The second-order valence-electron chi connectivity index (χ2n) is 7.57. The quantitative estimate of drug-likeness (QED) is 0.498. The van der Waals surface area contributed by atoms with E-state index in [-0.39, 0.29) is 12.5 Å². The summed E-state index contributed by atoms with van der Waals surface area (Å²) in [6.07, 6.45) is -1.39. The summed E-state index contributed by atoms with van der Waals surface area (Å²) in [5.41, 5.74) is 1.30. The number of hydrogen-bond acceptors (Lipinski definition) is 5. The Morgan fingerprint density at radius 1 is 1.06 bits per heavy atom. The van der Waals surface area contributed by atoms with E-state index < -0.39 is 17.7 Å². The number of carbonyl (C=O) groups excluding carboxylic acids is 2. The van der Waals surface area contributed by atoms with Gasteiger partial charge in [0.25, 0.3) is 0 Å². The van der Waals surface area contributed by atoms with Crippen molar-refractivity contribution in [2.24, 2.45) is 0 Å². The summed E-state index contributed by atoms with van der Waals surface area (Å²) in [7, 11) is 0. The molecule has 1 heterocycles. The van der Waals surface area contributed by atoms with Gasteiger partial charge in [0, 0.05) is 43.6 Å². The summed E-state index contributed by atoms with van der Waals surface area (Å²) < 4.78 is 43.7. The Morgan fingerprint density at radius 2 is 1.76 bits per heavy atom. The van der Waals surface area contributed by atoms with Gasteiger partial charge < -0.3 is 15.0 Å². The zero-order chi connectivity index (χ0) is 23.8. The fraction of sp³-hybridized carbons (Fsp3) is 0.333. The molecule has 1 aliphatic heterocycles. The molecule has 176 valence electrons. The van der Waals surface area contributed by atoms with Crippen LogP contribution < -0.4 is 10.2 Å². The molecule has 0 unspecified atom stereocenters. The van der Waals surface area contributed by atoms with Gasteiger partial charge in [-0.1, -0.05) is 18.2 Å². The normalized spacial score (nSPS) is 15.0. The Kier molecular flexibility index (Phi) is 8.11. The lowest BCUT2D eigenvalue weighted by Crippen LogP contribution is -2.48. The number of rotatable bonds is 7. The zero-order valence-electron chi connectivity index (χ0n) is 18.3. The molecule has 0 radical (unpaired) electrons. The number of anilines is 2. The smallest absolute Gasteiger partial charge is 0.416 e. The average Bonchev–Trinajstić information content (AvgIpc) is 2.79. The van der Waals surface area contributed by atoms with Gasteiger partial charge in [-0.2, -0.15) is 13.2 Å². The third kappa shape index (κ3) is 7.35. The first kappa shape index (κ1) is 24.3. The molecular formula is C24H26F3N3O3. The van der Waals surface area contributed by atoms with Crippen molar-refractivity contribution in [2.45, 2.75) is 13.1 Å². The monoisotopic (exact) mass is 461 g/mol. The van der Waals surface area contributed by atoms with E-state index in [9.17, 15) is 22.8 Å². The number of halogens is 3. The summed E-state index contributed by atoms with van der Waals surface area (Å²) in [6.45, 7) is 4.46. The van der Waals surface area contributed by atoms with Crippen LogP contribution in [0.3, 0.4) is 0 Å². The molecule has 1 fully saturated rings. The van der Waals surface area contributed by atoms with Crippen LogP contribution in [0, 0.1) is 0 Å². The van der Waals surface area contributed by atoms with E-state index in [4.69, 9.17) is 4.74 Å². The van der Waals surface area contributed by atoms with Crippen LogP contribution in [0.2, 0.25) is 0 Å². The second-order valence-corrected chi connectivity index (χ2v) is 7.57. The molecule has 1 N–H and O–H groups in total. The fourth-order valence-corrected chi connectivity index (χ4v) is 3.48. The molecular weight excluding hydrogens is 435 g/mol. The van der Waals surface area contributed by atoms with E-state index in [0.717, 1.165) is 17.7 Å². The van der Waals surface area contributed by atoms with Crippen LogP contribution in [-0.4, -0.2) is 56.1 Å². The van der Waals surface area contributed by atoms with E-state index in [1.807, 2.05) is 9.80 Å². The van der Waals surface area contributed by atoms with Crippen molar-refractivity contribution in [1.29, 1.82) is 0 Å². The van der Waals surface area contributed by atoms with Crippen molar-refractivity contribution < 1.29 is 27.5 Å². The maximum absolute atomic E-state index is 12.9. The molecule has 1 saturated heterocycles. The fourth-order valence-electron chi connectivity index (χ4n) is 3.48. The molecule has 2 aromatic rings. The van der Waals surface area contributed by atoms with E-state index >= 15 is 0 Å². The van der Waals surface area contributed by atoms with Crippen molar-refractivity contribution in [3.63, 3.8) is 0 Å². The lowest BCUT2D eigenvalue weighted by molar-refractivity contribution is -0.138. The highest BCUT2D eigenvalue weighted by Crippen LogP contribution is 2.31. The number of alkyl halides is 3. The number of nitrogens with zero attached hydrogens (tertiary/aromatic N) is 2. The topological polar surface area (TPSA) is 61.9 Å². The molecule has 1 amide bonds. The van der Waals surface area contributed by atoms with Gasteiger partial charge in [-0.05, 0) is 48.9 Å². The Labute approximate surface area is 190 Å². The van der Waals surface area contributed by atoms with Gasteiger partial charge >= 0.3 is 12.1 Å². The second kappa shape index (κ2) is 11.0. The Balaban J connectivity index is 1.46. The van der Waals surface area contributed by atoms with E-state index in [1.165, 1.54) is 12.1 Å². The molecule has 3 rings (SSSR count). The largest absolute Gasteiger partial charge is 0.463 e.